The summed E-state index contributed by atoms with van der Waals surface area (Å²) in [6, 6.07) is 10.3. The molecule has 0 spiro atoms. The fourth-order valence-corrected chi connectivity index (χ4v) is 2.39. The number of esters is 1. The minimum absolute atomic E-state index is 0.0700. The van der Waals surface area contributed by atoms with Crippen LogP contribution in [0, 0.1) is 10.1 Å². The van der Waals surface area contributed by atoms with Gasteiger partial charge in [-0.25, -0.2) is 0 Å². The molecule has 22 heavy (non-hydrogen) atoms. The van der Waals surface area contributed by atoms with Gasteiger partial charge in [0, 0.05) is 18.8 Å². The number of carbonyl (C=O) groups is 1. The van der Waals surface area contributed by atoms with E-state index in [1.165, 1.54) is 6.07 Å². The molecule has 0 N–H and O–H groups in total. The van der Waals surface area contributed by atoms with Crippen LogP contribution in [0.1, 0.15) is 19.0 Å². The second-order valence-electron chi connectivity index (χ2n) is 4.85. The van der Waals surface area contributed by atoms with Crippen LogP contribution in [0.4, 0.5) is 5.69 Å². The SMILES string of the molecule is CCOC(=O)CCc1ccc(-c2ccccc2[N+](=O)[O-])n1C. The van der Waals surface area contributed by atoms with E-state index in [-0.39, 0.29) is 16.6 Å². The van der Waals surface area contributed by atoms with E-state index < -0.39 is 0 Å². The molecule has 6 nitrogen and oxygen atoms in total. The van der Waals surface area contributed by atoms with Crippen LogP contribution < -0.4 is 0 Å². The number of aromatic nitrogens is 1. The van der Waals surface area contributed by atoms with Gasteiger partial charge in [-0.1, -0.05) is 12.1 Å². The number of nitro benzene ring substituents is 1. The summed E-state index contributed by atoms with van der Waals surface area (Å²) in [5.74, 6) is -0.240. The first-order valence-electron chi connectivity index (χ1n) is 7.08. The van der Waals surface area contributed by atoms with Crippen LogP contribution in [0.5, 0.6) is 0 Å². The minimum Gasteiger partial charge on any atom is -0.466 e. The van der Waals surface area contributed by atoms with Gasteiger partial charge in [-0.15, -0.1) is 0 Å². The summed E-state index contributed by atoms with van der Waals surface area (Å²) in [4.78, 5) is 22.2. The molecule has 0 radical (unpaired) electrons. The first-order valence-corrected chi connectivity index (χ1v) is 7.08. The average Bonchev–Trinajstić information content (AvgIpc) is 2.86. The summed E-state index contributed by atoms with van der Waals surface area (Å²) < 4.78 is 6.78. The van der Waals surface area contributed by atoms with E-state index >= 15 is 0 Å². The Labute approximate surface area is 128 Å². The van der Waals surface area contributed by atoms with Gasteiger partial charge < -0.3 is 9.30 Å². The van der Waals surface area contributed by atoms with Crippen molar-refractivity contribution in [3.63, 3.8) is 0 Å². The molecule has 1 aromatic carbocycles. The predicted molar refractivity (Wildman–Crippen MR) is 82.5 cm³/mol. The molecule has 0 aliphatic rings. The van der Waals surface area contributed by atoms with E-state index in [0.717, 1.165) is 11.4 Å². The molecule has 0 bridgehead atoms. The van der Waals surface area contributed by atoms with Crippen LogP contribution >= 0.6 is 0 Å². The molecule has 116 valence electrons. The van der Waals surface area contributed by atoms with Gasteiger partial charge in [0.25, 0.3) is 5.69 Å². The Kier molecular flexibility index (Phi) is 4.93. The molecule has 0 unspecified atom stereocenters. The number of carbonyl (C=O) groups excluding carboxylic acids is 1. The smallest absolute Gasteiger partial charge is 0.306 e. The highest BCUT2D eigenvalue weighted by Crippen LogP contribution is 2.30. The molecule has 0 aliphatic heterocycles. The van der Waals surface area contributed by atoms with Crippen molar-refractivity contribution in [2.24, 2.45) is 7.05 Å². The minimum atomic E-state index is -0.388. The van der Waals surface area contributed by atoms with Gasteiger partial charge in [0.2, 0.25) is 0 Å². The van der Waals surface area contributed by atoms with Crippen LogP contribution in [0.15, 0.2) is 36.4 Å². The number of rotatable bonds is 6. The maximum atomic E-state index is 11.4. The summed E-state index contributed by atoms with van der Waals surface area (Å²) in [6.45, 7) is 2.14. The lowest BCUT2D eigenvalue weighted by Crippen LogP contribution is -2.07. The summed E-state index contributed by atoms with van der Waals surface area (Å²) in [5.41, 5.74) is 2.32. The van der Waals surface area contributed by atoms with Crippen LogP contribution in [-0.4, -0.2) is 22.1 Å². The van der Waals surface area contributed by atoms with Crippen molar-refractivity contribution in [1.29, 1.82) is 0 Å². The molecular weight excluding hydrogens is 284 g/mol. The third-order valence-corrected chi connectivity index (χ3v) is 3.49. The van der Waals surface area contributed by atoms with Crippen molar-refractivity contribution < 1.29 is 14.5 Å². The van der Waals surface area contributed by atoms with Crippen molar-refractivity contribution >= 4 is 11.7 Å². The molecule has 0 saturated heterocycles. The normalized spacial score (nSPS) is 10.5. The summed E-state index contributed by atoms with van der Waals surface area (Å²) in [7, 11) is 1.84. The Morgan fingerprint density at radius 2 is 2.00 bits per heavy atom. The lowest BCUT2D eigenvalue weighted by molar-refractivity contribution is -0.384. The van der Waals surface area contributed by atoms with Gasteiger partial charge >= 0.3 is 5.97 Å². The Morgan fingerprint density at radius 3 is 2.68 bits per heavy atom. The van der Waals surface area contributed by atoms with Crippen molar-refractivity contribution in [1.82, 2.24) is 4.57 Å². The van der Waals surface area contributed by atoms with E-state index in [1.807, 2.05) is 23.7 Å². The molecule has 0 aliphatic carbocycles. The fraction of sp³-hybridized carbons (Fsp3) is 0.312. The van der Waals surface area contributed by atoms with Gasteiger partial charge in [0.05, 0.1) is 29.2 Å². The zero-order valence-corrected chi connectivity index (χ0v) is 12.6. The standard InChI is InChI=1S/C16H18N2O4/c1-3-22-16(19)11-9-12-8-10-14(17(12)2)13-6-4-5-7-15(13)18(20)21/h4-8,10H,3,9,11H2,1-2H3. The molecule has 1 aromatic heterocycles. The number of ether oxygens (including phenoxy) is 1. The van der Waals surface area contributed by atoms with Gasteiger partial charge in [-0.3, -0.25) is 14.9 Å². The Morgan fingerprint density at radius 1 is 1.27 bits per heavy atom. The van der Waals surface area contributed by atoms with Crippen LogP contribution in [0.2, 0.25) is 0 Å². The quantitative estimate of drug-likeness (QED) is 0.467. The van der Waals surface area contributed by atoms with E-state index in [0.29, 0.717) is 25.0 Å². The molecule has 0 amide bonds. The highest BCUT2D eigenvalue weighted by molar-refractivity contribution is 5.72. The highest BCUT2D eigenvalue weighted by atomic mass is 16.6. The van der Waals surface area contributed by atoms with Gasteiger partial charge in [0.15, 0.2) is 0 Å². The van der Waals surface area contributed by atoms with Crippen LogP contribution in [0.25, 0.3) is 11.3 Å². The maximum absolute atomic E-state index is 11.4. The third-order valence-electron chi connectivity index (χ3n) is 3.49. The van der Waals surface area contributed by atoms with Gasteiger partial charge in [-0.2, -0.15) is 0 Å². The lowest BCUT2D eigenvalue weighted by Gasteiger charge is -2.08. The largest absolute Gasteiger partial charge is 0.466 e. The molecule has 0 saturated carbocycles. The fourth-order valence-electron chi connectivity index (χ4n) is 2.39. The molecule has 1 heterocycles. The number of benzene rings is 1. The van der Waals surface area contributed by atoms with E-state index in [1.54, 1.807) is 25.1 Å². The second-order valence-corrected chi connectivity index (χ2v) is 4.85. The van der Waals surface area contributed by atoms with Crippen molar-refractivity contribution in [3.8, 4) is 11.3 Å². The molecule has 6 heteroatoms. The summed E-state index contributed by atoms with van der Waals surface area (Å²) in [5, 5.41) is 11.1. The average molecular weight is 302 g/mol. The zero-order valence-electron chi connectivity index (χ0n) is 12.6. The first kappa shape index (κ1) is 15.8. The number of aryl methyl sites for hydroxylation is 1. The van der Waals surface area contributed by atoms with E-state index in [9.17, 15) is 14.9 Å². The second kappa shape index (κ2) is 6.89. The van der Waals surface area contributed by atoms with Crippen LogP contribution in [0.3, 0.4) is 0 Å². The third kappa shape index (κ3) is 3.33. The maximum Gasteiger partial charge on any atom is 0.306 e. The molecule has 0 fully saturated rings. The van der Waals surface area contributed by atoms with E-state index in [2.05, 4.69) is 0 Å². The predicted octanol–water partition coefficient (Wildman–Crippen LogP) is 3.10. The molecule has 2 rings (SSSR count). The van der Waals surface area contributed by atoms with Crippen molar-refractivity contribution in [2.75, 3.05) is 6.61 Å². The zero-order chi connectivity index (χ0) is 16.1. The monoisotopic (exact) mass is 302 g/mol. The number of para-hydroxylation sites is 1. The molecule has 0 atom stereocenters. The molecular formula is C16H18N2O4. The van der Waals surface area contributed by atoms with Gasteiger partial charge in [0.1, 0.15) is 0 Å². The van der Waals surface area contributed by atoms with E-state index in [4.69, 9.17) is 4.74 Å². The topological polar surface area (TPSA) is 74.4 Å². The van der Waals surface area contributed by atoms with Crippen molar-refractivity contribution in [2.45, 2.75) is 19.8 Å². The summed E-state index contributed by atoms with van der Waals surface area (Å²) in [6.07, 6.45) is 0.831. The number of nitro groups is 1. The van der Waals surface area contributed by atoms with Crippen molar-refractivity contribution in [3.05, 3.63) is 52.2 Å². The first-order chi connectivity index (χ1) is 10.5. The number of hydrogen-bond acceptors (Lipinski definition) is 4. The number of hydrogen-bond donors (Lipinski definition) is 0. The molecule has 2 aromatic rings. The Balaban J connectivity index is 2.25. The Bertz CT molecular complexity index is 691. The Hall–Kier alpha value is -2.63. The van der Waals surface area contributed by atoms with Gasteiger partial charge in [-0.05, 0) is 31.5 Å². The lowest BCUT2D eigenvalue weighted by atomic mass is 10.1. The number of nitrogens with zero attached hydrogens (tertiary/aromatic N) is 2. The summed E-state index contributed by atoms with van der Waals surface area (Å²) >= 11 is 0. The van der Waals surface area contributed by atoms with Crippen LogP contribution in [-0.2, 0) is 23.0 Å². The highest BCUT2D eigenvalue weighted by Gasteiger charge is 2.17.